The Morgan fingerprint density at radius 2 is 2.06 bits per heavy atom. The Labute approximate surface area is 118 Å². The van der Waals surface area contributed by atoms with Gasteiger partial charge in [-0.05, 0) is 49.8 Å². The highest BCUT2D eigenvalue weighted by Crippen LogP contribution is 2.52. The third-order valence-electron chi connectivity index (χ3n) is 4.68. The number of hydrogen-bond acceptors (Lipinski definition) is 2. The van der Waals surface area contributed by atoms with Crippen LogP contribution in [0.4, 0.5) is 0 Å². The van der Waals surface area contributed by atoms with Crippen molar-refractivity contribution in [3.8, 4) is 0 Å². The van der Waals surface area contributed by atoms with Crippen molar-refractivity contribution in [2.24, 2.45) is 17.1 Å². The molecule has 0 aromatic heterocycles. The summed E-state index contributed by atoms with van der Waals surface area (Å²) < 4.78 is 1.03. The fourth-order valence-electron chi connectivity index (χ4n) is 3.30. The first-order chi connectivity index (χ1) is 8.41. The predicted octanol–water partition coefficient (Wildman–Crippen LogP) is 3.42. The van der Waals surface area contributed by atoms with E-state index in [4.69, 9.17) is 5.73 Å². The summed E-state index contributed by atoms with van der Waals surface area (Å²) in [6.45, 7) is 4.70. The summed E-state index contributed by atoms with van der Waals surface area (Å²) in [5.41, 5.74) is 5.94. The average molecular weight is 312 g/mol. The number of hydrogen-bond donors (Lipinski definition) is 2. The molecule has 1 fully saturated rings. The van der Waals surface area contributed by atoms with Crippen molar-refractivity contribution in [3.63, 3.8) is 0 Å². The maximum atomic E-state index is 11.0. The number of halogens is 1. The van der Waals surface area contributed by atoms with Crippen molar-refractivity contribution in [1.82, 2.24) is 0 Å². The Hall–Kier alpha value is -0.380. The van der Waals surface area contributed by atoms with Crippen molar-refractivity contribution >= 4 is 15.9 Å². The number of rotatable bonds is 3. The lowest BCUT2D eigenvalue weighted by atomic mass is 9.67. The largest absolute Gasteiger partial charge is 0.385 e. The standard InChI is InChI=1S/C15H22BrNO/c1-11-7-8-15(9-11,10-17)14(2,18)12-3-5-13(16)6-4-12/h3-6,11,18H,7-10,17H2,1-2H3. The molecule has 100 valence electrons. The molecule has 1 aromatic rings. The van der Waals surface area contributed by atoms with Crippen LogP contribution in [0.2, 0.25) is 0 Å². The highest BCUT2D eigenvalue weighted by molar-refractivity contribution is 9.10. The molecule has 18 heavy (non-hydrogen) atoms. The van der Waals surface area contributed by atoms with E-state index in [9.17, 15) is 5.11 Å². The maximum absolute atomic E-state index is 11.0. The van der Waals surface area contributed by atoms with Crippen molar-refractivity contribution in [2.45, 2.75) is 38.7 Å². The molecule has 3 N–H and O–H groups in total. The molecule has 0 aliphatic heterocycles. The Bertz CT molecular complexity index is 415. The summed E-state index contributed by atoms with van der Waals surface area (Å²) in [5, 5.41) is 11.0. The SMILES string of the molecule is CC1CCC(CN)(C(C)(O)c2ccc(Br)cc2)C1. The Kier molecular flexibility index (Phi) is 3.86. The fraction of sp³-hybridized carbons (Fsp3) is 0.600. The monoisotopic (exact) mass is 311 g/mol. The number of nitrogens with two attached hydrogens (primary N) is 1. The van der Waals surface area contributed by atoms with Crippen molar-refractivity contribution in [2.75, 3.05) is 6.54 Å². The lowest BCUT2D eigenvalue weighted by molar-refractivity contribution is -0.0711. The van der Waals surface area contributed by atoms with E-state index in [1.54, 1.807) is 0 Å². The van der Waals surface area contributed by atoms with Gasteiger partial charge in [-0.1, -0.05) is 35.0 Å². The lowest BCUT2D eigenvalue weighted by Crippen LogP contribution is -2.47. The Morgan fingerprint density at radius 1 is 1.44 bits per heavy atom. The molecule has 1 aromatic carbocycles. The van der Waals surface area contributed by atoms with Gasteiger partial charge in [-0.3, -0.25) is 0 Å². The first kappa shape index (κ1) is 14.0. The third kappa shape index (κ3) is 2.24. The Balaban J connectivity index is 2.37. The summed E-state index contributed by atoms with van der Waals surface area (Å²) >= 11 is 3.43. The second kappa shape index (κ2) is 4.95. The minimum atomic E-state index is -0.854. The van der Waals surface area contributed by atoms with Crippen LogP contribution in [0.3, 0.4) is 0 Å². The molecule has 3 atom stereocenters. The van der Waals surface area contributed by atoms with Gasteiger partial charge in [0.05, 0.1) is 5.60 Å². The van der Waals surface area contributed by atoms with Gasteiger partial charge in [-0.2, -0.15) is 0 Å². The Morgan fingerprint density at radius 3 is 2.50 bits per heavy atom. The summed E-state index contributed by atoms with van der Waals surface area (Å²) in [4.78, 5) is 0. The van der Waals surface area contributed by atoms with E-state index in [2.05, 4.69) is 22.9 Å². The van der Waals surface area contributed by atoms with E-state index >= 15 is 0 Å². The van der Waals surface area contributed by atoms with Crippen LogP contribution in [0, 0.1) is 11.3 Å². The van der Waals surface area contributed by atoms with Crippen LogP contribution in [0.25, 0.3) is 0 Å². The average Bonchev–Trinajstić information content (AvgIpc) is 2.73. The highest BCUT2D eigenvalue weighted by Gasteiger charge is 2.50. The van der Waals surface area contributed by atoms with Gasteiger partial charge in [0, 0.05) is 16.4 Å². The molecule has 1 aliphatic carbocycles. The van der Waals surface area contributed by atoms with Crippen molar-refractivity contribution < 1.29 is 5.11 Å². The fourth-order valence-corrected chi connectivity index (χ4v) is 3.57. The van der Waals surface area contributed by atoms with Gasteiger partial charge in [0.1, 0.15) is 0 Å². The molecule has 0 saturated heterocycles. The lowest BCUT2D eigenvalue weighted by Gasteiger charge is -2.43. The van der Waals surface area contributed by atoms with Gasteiger partial charge in [-0.15, -0.1) is 0 Å². The van der Waals surface area contributed by atoms with E-state index in [0.29, 0.717) is 12.5 Å². The van der Waals surface area contributed by atoms with Gasteiger partial charge >= 0.3 is 0 Å². The van der Waals surface area contributed by atoms with Gasteiger partial charge in [-0.25, -0.2) is 0 Å². The van der Waals surface area contributed by atoms with Gasteiger partial charge in [0.25, 0.3) is 0 Å². The first-order valence-electron chi connectivity index (χ1n) is 6.60. The summed E-state index contributed by atoms with van der Waals surface area (Å²) in [7, 11) is 0. The molecule has 0 amide bonds. The van der Waals surface area contributed by atoms with Gasteiger partial charge in [0.2, 0.25) is 0 Å². The molecule has 3 unspecified atom stereocenters. The van der Waals surface area contributed by atoms with Crippen LogP contribution in [0.1, 0.15) is 38.7 Å². The van der Waals surface area contributed by atoms with E-state index in [0.717, 1.165) is 29.3 Å². The molecule has 0 bridgehead atoms. The van der Waals surface area contributed by atoms with Crippen LogP contribution in [-0.4, -0.2) is 11.7 Å². The smallest absolute Gasteiger partial charge is 0.0936 e. The zero-order chi connectivity index (χ0) is 13.4. The van der Waals surface area contributed by atoms with Gasteiger partial charge < -0.3 is 10.8 Å². The topological polar surface area (TPSA) is 46.2 Å². The van der Waals surface area contributed by atoms with E-state index in [1.165, 1.54) is 0 Å². The summed E-state index contributed by atoms with van der Waals surface area (Å²) in [6.07, 6.45) is 3.17. The molecule has 0 spiro atoms. The quantitative estimate of drug-likeness (QED) is 0.898. The molecule has 3 heteroatoms. The molecule has 1 saturated carbocycles. The number of benzene rings is 1. The molecule has 2 nitrogen and oxygen atoms in total. The predicted molar refractivity (Wildman–Crippen MR) is 78.2 cm³/mol. The molecule has 2 rings (SSSR count). The second-order valence-corrected chi connectivity index (χ2v) is 6.83. The van der Waals surface area contributed by atoms with Crippen LogP contribution in [0.5, 0.6) is 0 Å². The van der Waals surface area contributed by atoms with Crippen LogP contribution in [0.15, 0.2) is 28.7 Å². The molecular weight excluding hydrogens is 290 g/mol. The first-order valence-corrected chi connectivity index (χ1v) is 7.39. The van der Waals surface area contributed by atoms with E-state index in [-0.39, 0.29) is 5.41 Å². The zero-order valence-corrected chi connectivity index (χ0v) is 12.7. The molecule has 0 heterocycles. The highest BCUT2D eigenvalue weighted by atomic mass is 79.9. The third-order valence-corrected chi connectivity index (χ3v) is 5.21. The summed E-state index contributed by atoms with van der Waals surface area (Å²) in [6, 6.07) is 7.94. The zero-order valence-electron chi connectivity index (χ0n) is 11.1. The summed E-state index contributed by atoms with van der Waals surface area (Å²) in [5.74, 6) is 0.649. The van der Waals surface area contributed by atoms with Crippen LogP contribution < -0.4 is 5.73 Å². The molecule has 1 aliphatic rings. The molecular formula is C15H22BrNO. The minimum absolute atomic E-state index is 0.180. The second-order valence-electron chi connectivity index (χ2n) is 5.91. The van der Waals surface area contributed by atoms with E-state index < -0.39 is 5.60 Å². The van der Waals surface area contributed by atoms with Crippen molar-refractivity contribution in [3.05, 3.63) is 34.3 Å². The van der Waals surface area contributed by atoms with Crippen LogP contribution in [-0.2, 0) is 5.60 Å². The number of aliphatic hydroxyl groups is 1. The molecule has 0 radical (unpaired) electrons. The normalized spacial score (nSPS) is 31.3. The minimum Gasteiger partial charge on any atom is -0.385 e. The van der Waals surface area contributed by atoms with Gasteiger partial charge in [0.15, 0.2) is 0 Å². The maximum Gasteiger partial charge on any atom is 0.0936 e. The van der Waals surface area contributed by atoms with Crippen LogP contribution >= 0.6 is 15.9 Å². The van der Waals surface area contributed by atoms with E-state index in [1.807, 2.05) is 31.2 Å². The van der Waals surface area contributed by atoms with Crippen molar-refractivity contribution in [1.29, 1.82) is 0 Å².